The average Bonchev–Trinajstić information content (AvgIpc) is 3.06. The van der Waals surface area contributed by atoms with Gasteiger partial charge < -0.3 is 14.7 Å². The van der Waals surface area contributed by atoms with Crippen LogP contribution in [-0.4, -0.2) is 21.2 Å². The smallest absolute Gasteiger partial charge is 0.253 e. The number of aromatic amines is 1. The normalized spacial score (nSPS) is 15.1. The van der Waals surface area contributed by atoms with E-state index in [-0.39, 0.29) is 11.3 Å². The van der Waals surface area contributed by atoms with Crippen molar-refractivity contribution >= 4 is 0 Å². The number of nitrogens with one attached hydrogen (secondary N) is 2. The molecule has 1 aliphatic carbocycles. The maximum absolute atomic E-state index is 11.5. The molecule has 0 saturated heterocycles. The van der Waals surface area contributed by atoms with Crippen molar-refractivity contribution in [2.45, 2.75) is 25.4 Å². The van der Waals surface area contributed by atoms with Crippen molar-refractivity contribution in [3.63, 3.8) is 0 Å². The average molecular weight is 232 g/mol. The standard InChI is InChI=1S/C11H12N4O2/c16-9-3-4-12-5-8(9)11-15-14-10(17-11)6-13-7-1-2-7/h3-5,7,13H,1-2,6H2,(H,12,16). The Bertz CT molecular complexity index is 571. The molecule has 1 saturated carbocycles. The summed E-state index contributed by atoms with van der Waals surface area (Å²) in [4.78, 5) is 14.4. The van der Waals surface area contributed by atoms with E-state index in [1.54, 1.807) is 12.4 Å². The zero-order chi connectivity index (χ0) is 11.7. The number of hydrogen-bond acceptors (Lipinski definition) is 5. The third-order valence-corrected chi connectivity index (χ3v) is 2.64. The van der Waals surface area contributed by atoms with Crippen molar-refractivity contribution in [2.24, 2.45) is 0 Å². The summed E-state index contributed by atoms with van der Waals surface area (Å²) in [5.74, 6) is 0.773. The van der Waals surface area contributed by atoms with Crippen LogP contribution in [0.25, 0.3) is 11.5 Å². The fourth-order valence-corrected chi connectivity index (χ4v) is 1.54. The highest BCUT2D eigenvalue weighted by atomic mass is 16.4. The molecular weight excluding hydrogens is 220 g/mol. The molecule has 1 fully saturated rings. The second kappa shape index (κ2) is 4.14. The van der Waals surface area contributed by atoms with Gasteiger partial charge in [-0.25, -0.2) is 0 Å². The van der Waals surface area contributed by atoms with Gasteiger partial charge in [0.25, 0.3) is 5.89 Å². The Morgan fingerprint density at radius 1 is 1.47 bits per heavy atom. The van der Waals surface area contributed by atoms with E-state index in [0.717, 1.165) is 0 Å². The molecule has 6 nitrogen and oxygen atoms in total. The highest BCUT2D eigenvalue weighted by molar-refractivity contribution is 5.49. The van der Waals surface area contributed by atoms with E-state index in [1.807, 2.05) is 0 Å². The van der Waals surface area contributed by atoms with Gasteiger partial charge in [-0.3, -0.25) is 4.79 Å². The van der Waals surface area contributed by atoms with Gasteiger partial charge in [-0.1, -0.05) is 0 Å². The molecule has 0 radical (unpaired) electrons. The summed E-state index contributed by atoms with van der Waals surface area (Å²) in [6, 6.07) is 2.02. The second-order valence-electron chi connectivity index (χ2n) is 4.08. The lowest BCUT2D eigenvalue weighted by molar-refractivity contribution is 0.476. The highest BCUT2D eigenvalue weighted by Crippen LogP contribution is 2.19. The molecule has 0 unspecified atom stereocenters. The first kappa shape index (κ1) is 10.2. The van der Waals surface area contributed by atoms with Crippen LogP contribution in [0.15, 0.2) is 27.7 Å². The molecule has 0 bridgehead atoms. The van der Waals surface area contributed by atoms with Crippen molar-refractivity contribution in [3.8, 4) is 11.5 Å². The Balaban J connectivity index is 1.79. The Morgan fingerprint density at radius 3 is 3.12 bits per heavy atom. The van der Waals surface area contributed by atoms with Crippen molar-refractivity contribution < 1.29 is 4.42 Å². The minimum absolute atomic E-state index is 0.130. The summed E-state index contributed by atoms with van der Waals surface area (Å²) in [7, 11) is 0. The Kier molecular flexibility index (Phi) is 2.49. The van der Waals surface area contributed by atoms with Gasteiger partial charge in [-0.15, -0.1) is 10.2 Å². The molecule has 6 heteroatoms. The predicted octanol–water partition coefficient (Wildman–Crippen LogP) is 0.677. The summed E-state index contributed by atoms with van der Waals surface area (Å²) in [6.07, 6.45) is 5.55. The number of aromatic nitrogens is 3. The van der Waals surface area contributed by atoms with Gasteiger partial charge in [-0.05, 0) is 12.8 Å². The van der Waals surface area contributed by atoms with Crippen LogP contribution >= 0.6 is 0 Å². The lowest BCUT2D eigenvalue weighted by Gasteiger charge is -1.95. The molecule has 17 heavy (non-hydrogen) atoms. The van der Waals surface area contributed by atoms with E-state index in [1.165, 1.54) is 18.9 Å². The SMILES string of the molecule is O=c1cc[nH]cc1-c1nnc(CNC2CC2)o1. The molecule has 2 aromatic rings. The molecular formula is C11H12N4O2. The molecule has 1 aliphatic rings. The monoisotopic (exact) mass is 232 g/mol. The molecule has 3 rings (SSSR count). The lowest BCUT2D eigenvalue weighted by Crippen LogP contribution is -2.15. The van der Waals surface area contributed by atoms with Crippen LogP contribution in [0.2, 0.25) is 0 Å². The fourth-order valence-electron chi connectivity index (χ4n) is 1.54. The van der Waals surface area contributed by atoms with Crippen LogP contribution < -0.4 is 10.7 Å². The highest BCUT2D eigenvalue weighted by Gasteiger charge is 2.21. The van der Waals surface area contributed by atoms with E-state index >= 15 is 0 Å². The summed E-state index contributed by atoms with van der Waals surface area (Å²) in [6.45, 7) is 0.558. The van der Waals surface area contributed by atoms with Crippen molar-refractivity contribution in [1.82, 2.24) is 20.5 Å². The zero-order valence-corrected chi connectivity index (χ0v) is 9.14. The molecule has 2 aromatic heterocycles. The van der Waals surface area contributed by atoms with Gasteiger partial charge in [0.15, 0.2) is 5.43 Å². The number of rotatable bonds is 4. The van der Waals surface area contributed by atoms with Gasteiger partial charge in [0.05, 0.1) is 6.54 Å². The minimum Gasteiger partial charge on any atom is -0.419 e. The number of H-pyrrole nitrogens is 1. The molecule has 0 spiro atoms. The molecule has 0 aromatic carbocycles. The summed E-state index contributed by atoms with van der Waals surface area (Å²) in [5.41, 5.74) is 0.270. The first-order valence-electron chi connectivity index (χ1n) is 5.56. The third kappa shape index (κ3) is 2.26. The summed E-state index contributed by atoms with van der Waals surface area (Å²) < 4.78 is 5.42. The van der Waals surface area contributed by atoms with E-state index in [4.69, 9.17) is 4.42 Å². The quantitative estimate of drug-likeness (QED) is 0.809. The van der Waals surface area contributed by atoms with E-state index in [0.29, 0.717) is 24.0 Å². The summed E-state index contributed by atoms with van der Waals surface area (Å²) in [5, 5.41) is 11.0. The van der Waals surface area contributed by atoms with Crippen LogP contribution in [0.1, 0.15) is 18.7 Å². The molecule has 0 amide bonds. The Hall–Kier alpha value is -1.95. The van der Waals surface area contributed by atoms with Crippen LogP contribution in [0.5, 0.6) is 0 Å². The largest absolute Gasteiger partial charge is 0.419 e. The molecule has 2 heterocycles. The molecule has 2 N–H and O–H groups in total. The minimum atomic E-state index is -0.130. The summed E-state index contributed by atoms with van der Waals surface area (Å²) >= 11 is 0. The third-order valence-electron chi connectivity index (χ3n) is 2.64. The molecule has 88 valence electrons. The Morgan fingerprint density at radius 2 is 2.35 bits per heavy atom. The van der Waals surface area contributed by atoms with Gasteiger partial charge in [0.2, 0.25) is 5.89 Å². The van der Waals surface area contributed by atoms with Gasteiger partial charge >= 0.3 is 0 Å². The molecule has 0 aliphatic heterocycles. The van der Waals surface area contributed by atoms with Crippen LogP contribution in [0.3, 0.4) is 0 Å². The Labute approximate surface area is 97.1 Å². The van der Waals surface area contributed by atoms with Crippen molar-refractivity contribution in [3.05, 3.63) is 34.6 Å². The van der Waals surface area contributed by atoms with E-state index in [9.17, 15) is 4.79 Å². The molecule has 0 atom stereocenters. The second-order valence-corrected chi connectivity index (χ2v) is 4.08. The van der Waals surface area contributed by atoms with Crippen molar-refractivity contribution in [2.75, 3.05) is 0 Å². The fraction of sp³-hybridized carbons (Fsp3) is 0.364. The lowest BCUT2D eigenvalue weighted by atomic mass is 10.3. The first-order chi connectivity index (χ1) is 8.33. The van der Waals surface area contributed by atoms with Crippen molar-refractivity contribution in [1.29, 1.82) is 0 Å². The maximum Gasteiger partial charge on any atom is 0.253 e. The van der Waals surface area contributed by atoms with Gasteiger partial charge in [0, 0.05) is 24.5 Å². The van der Waals surface area contributed by atoms with E-state index in [2.05, 4.69) is 20.5 Å². The number of hydrogen-bond donors (Lipinski definition) is 2. The zero-order valence-electron chi connectivity index (χ0n) is 9.14. The van der Waals surface area contributed by atoms with Gasteiger partial charge in [0.1, 0.15) is 5.56 Å². The topological polar surface area (TPSA) is 83.8 Å². The first-order valence-corrected chi connectivity index (χ1v) is 5.56. The predicted molar refractivity (Wildman–Crippen MR) is 60.2 cm³/mol. The van der Waals surface area contributed by atoms with Crippen LogP contribution in [-0.2, 0) is 6.54 Å². The van der Waals surface area contributed by atoms with Crippen LogP contribution in [0.4, 0.5) is 0 Å². The number of nitrogens with zero attached hydrogens (tertiary/aromatic N) is 2. The van der Waals surface area contributed by atoms with Crippen LogP contribution in [0, 0.1) is 0 Å². The number of pyridine rings is 1. The van der Waals surface area contributed by atoms with Gasteiger partial charge in [-0.2, -0.15) is 0 Å². The maximum atomic E-state index is 11.5. The van der Waals surface area contributed by atoms with E-state index < -0.39 is 0 Å².